The number of carbonyl (C=O) groups is 1. The number of rotatable bonds is 4. The number of piperidine rings is 1. The van der Waals surface area contributed by atoms with Crippen molar-refractivity contribution in [2.24, 2.45) is 0 Å². The molecule has 3 rings (SSSR count). The molecule has 6 nitrogen and oxygen atoms in total. The maximum Gasteiger partial charge on any atom is 0.253 e. The van der Waals surface area contributed by atoms with Crippen LogP contribution in [0.2, 0.25) is 5.02 Å². The Kier molecular flexibility index (Phi) is 6.22. The molecule has 1 amide bonds. The summed E-state index contributed by atoms with van der Waals surface area (Å²) in [7, 11) is -3.30. The molecule has 2 saturated heterocycles. The van der Waals surface area contributed by atoms with E-state index >= 15 is 0 Å². The van der Waals surface area contributed by atoms with Gasteiger partial charge in [-0.25, -0.2) is 8.42 Å². The van der Waals surface area contributed by atoms with Crippen LogP contribution in [0.15, 0.2) is 24.3 Å². The highest BCUT2D eigenvalue weighted by atomic mass is 35.5. The molecular formula is C18H25ClN2O4S. The molecule has 0 aromatic heterocycles. The second kappa shape index (κ2) is 8.25. The highest BCUT2D eigenvalue weighted by Gasteiger charge is 2.37. The maximum atomic E-state index is 12.6. The fraction of sp³-hybridized carbons (Fsp3) is 0.611. The summed E-state index contributed by atoms with van der Waals surface area (Å²) in [6.45, 7) is 2.29. The molecule has 0 atom stereocenters. The van der Waals surface area contributed by atoms with Crippen LogP contribution in [0, 0.1) is 0 Å². The number of sulfonamides is 1. The van der Waals surface area contributed by atoms with Gasteiger partial charge in [-0.3, -0.25) is 4.79 Å². The molecule has 1 aromatic carbocycles. The molecule has 0 radical (unpaired) electrons. The first-order valence-electron chi connectivity index (χ1n) is 8.97. The number of likely N-dealkylation sites (tertiary alicyclic amines) is 1. The third-order valence-electron chi connectivity index (χ3n) is 5.12. The first-order valence-corrected chi connectivity index (χ1v) is 11.2. The van der Waals surface area contributed by atoms with Gasteiger partial charge >= 0.3 is 0 Å². The molecule has 2 heterocycles. The molecule has 0 N–H and O–H groups in total. The van der Waals surface area contributed by atoms with Crippen LogP contribution in [-0.4, -0.2) is 68.2 Å². The number of hydrogen-bond acceptors (Lipinski definition) is 4. The fourth-order valence-corrected chi connectivity index (χ4v) is 5.60. The molecule has 0 saturated carbocycles. The largest absolute Gasteiger partial charge is 0.381 e. The molecular weight excluding hydrogens is 376 g/mol. The SMILES string of the molecule is CS(=O)(=O)N(C1CCOCC1)C1CCN(C(=O)c2cccc(Cl)c2)CC1. The summed E-state index contributed by atoms with van der Waals surface area (Å²) in [5.41, 5.74) is 0.570. The Morgan fingerprint density at radius 2 is 1.77 bits per heavy atom. The van der Waals surface area contributed by atoms with Gasteiger partial charge < -0.3 is 9.64 Å². The third-order valence-corrected chi connectivity index (χ3v) is 6.71. The van der Waals surface area contributed by atoms with Gasteiger partial charge in [0.25, 0.3) is 5.91 Å². The minimum absolute atomic E-state index is 0.000989. The summed E-state index contributed by atoms with van der Waals surface area (Å²) >= 11 is 5.97. The standard InChI is InChI=1S/C18H25ClN2O4S/c1-26(23,24)21(17-7-11-25-12-8-17)16-5-9-20(10-6-16)18(22)14-3-2-4-15(19)13-14/h2-4,13,16-17H,5-12H2,1H3. The van der Waals surface area contributed by atoms with Crippen LogP contribution in [0.1, 0.15) is 36.0 Å². The van der Waals surface area contributed by atoms with Crippen molar-refractivity contribution in [3.05, 3.63) is 34.9 Å². The monoisotopic (exact) mass is 400 g/mol. The normalized spacial score (nSPS) is 20.5. The summed E-state index contributed by atoms with van der Waals surface area (Å²) in [4.78, 5) is 14.4. The van der Waals surface area contributed by atoms with E-state index in [1.54, 1.807) is 33.5 Å². The van der Waals surface area contributed by atoms with Crippen LogP contribution in [0.3, 0.4) is 0 Å². The summed E-state index contributed by atoms with van der Waals surface area (Å²) in [5, 5.41) is 0.536. The predicted molar refractivity (Wildman–Crippen MR) is 101 cm³/mol. The molecule has 1 aromatic rings. The van der Waals surface area contributed by atoms with Gasteiger partial charge in [-0.05, 0) is 43.9 Å². The van der Waals surface area contributed by atoms with Crippen molar-refractivity contribution in [1.82, 2.24) is 9.21 Å². The Labute approximate surface area is 160 Å². The third kappa shape index (κ3) is 4.57. The Morgan fingerprint density at radius 3 is 2.35 bits per heavy atom. The van der Waals surface area contributed by atoms with Gasteiger partial charge in [-0.1, -0.05) is 17.7 Å². The van der Waals surface area contributed by atoms with Crippen molar-refractivity contribution < 1.29 is 17.9 Å². The number of carbonyl (C=O) groups excluding carboxylic acids is 1. The van der Waals surface area contributed by atoms with Crippen molar-refractivity contribution in [2.45, 2.75) is 37.8 Å². The van der Waals surface area contributed by atoms with Crippen molar-refractivity contribution in [2.75, 3.05) is 32.6 Å². The van der Waals surface area contributed by atoms with E-state index in [1.807, 2.05) is 0 Å². The maximum absolute atomic E-state index is 12.6. The van der Waals surface area contributed by atoms with E-state index in [0.717, 1.165) is 12.8 Å². The van der Waals surface area contributed by atoms with E-state index in [9.17, 15) is 13.2 Å². The molecule has 2 fully saturated rings. The molecule has 26 heavy (non-hydrogen) atoms. The van der Waals surface area contributed by atoms with Crippen LogP contribution in [0.4, 0.5) is 0 Å². The minimum atomic E-state index is -3.30. The van der Waals surface area contributed by atoms with Gasteiger partial charge in [0.05, 0.1) is 6.26 Å². The van der Waals surface area contributed by atoms with E-state index in [4.69, 9.17) is 16.3 Å². The van der Waals surface area contributed by atoms with E-state index in [2.05, 4.69) is 0 Å². The van der Waals surface area contributed by atoms with E-state index < -0.39 is 10.0 Å². The summed E-state index contributed by atoms with van der Waals surface area (Å²) in [6.07, 6.45) is 4.04. The number of nitrogens with zero attached hydrogens (tertiary/aromatic N) is 2. The Hall–Kier alpha value is -1.15. The van der Waals surface area contributed by atoms with Crippen molar-refractivity contribution in [3.8, 4) is 0 Å². The number of hydrogen-bond donors (Lipinski definition) is 0. The van der Waals surface area contributed by atoms with Crippen LogP contribution >= 0.6 is 11.6 Å². The zero-order chi connectivity index (χ0) is 18.7. The van der Waals surface area contributed by atoms with Gasteiger partial charge in [0.15, 0.2) is 0 Å². The molecule has 0 unspecified atom stereocenters. The fourth-order valence-electron chi connectivity index (χ4n) is 3.91. The highest BCUT2D eigenvalue weighted by Crippen LogP contribution is 2.27. The number of amides is 1. The topological polar surface area (TPSA) is 66.9 Å². The number of ether oxygens (including phenoxy) is 1. The average Bonchev–Trinajstić information content (AvgIpc) is 2.62. The first-order chi connectivity index (χ1) is 12.4. The van der Waals surface area contributed by atoms with E-state index in [0.29, 0.717) is 49.7 Å². The van der Waals surface area contributed by atoms with Crippen LogP contribution in [0.25, 0.3) is 0 Å². The van der Waals surface area contributed by atoms with Crippen LogP contribution < -0.4 is 0 Å². The zero-order valence-electron chi connectivity index (χ0n) is 14.9. The lowest BCUT2D eigenvalue weighted by Crippen LogP contribution is -2.53. The molecule has 0 bridgehead atoms. The number of halogens is 1. The summed E-state index contributed by atoms with van der Waals surface area (Å²) < 4.78 is 31.8. The molecule has 2 aliphatic rings. The smallest absolute Gasteiger partial charge is 0.253 e. The Morgan fingerprint density at radius 1 is 1.15 bits per heavy atom. The Bertz CT molecular complexity index is 741. The van der Waals surface area contributed by atoms with Gasteiger partial charge in [0.1, 0.15) is 0 Å². The highest BCUT2D eigenvalue weighted by molar-refractivity contribution is 7.88. The van der Waals surface area contributed by atoms with E-state index in [-0.39, 0.29) is 18.0 Å². The van der Waals surface area contributed by atoms with Gasteiger partial charge in [0, 0.05) is 49.0 Å². The average molecular weight is 401 g/mol. The lowest BCUT2D eigenvalue weighted by Gasteiger charge is -2.42. The van der Waals surface area contributed by atoms with Gasteiger partial charge in [-0.2, -0.15) is 4.31 Å². The lowest BCUT2D eigenvalue weighted by molar-refractivity contribution is 0.0378. The molecule has 144 valence electrons. The molecule has 8 heteroatoms. The predicted octanol–water partition coefficient (Wildman–Crippen LogP) is 2.39. The van der Waals surface area contributed by atoms with E-state index in [1.165, 1.54) is 6.26 Å². The second-order valence-corrected chi connectivity index (χ2v) is 9.29. The lowest BCUT2D eigenvalue weighted by atomic mass is 10.0. The van der Waals surface area contributed by atoms with Gasteiger partial charge in [-0.15, -0.1) is 0 Å². The zero-order valence-corrected chi connectivity index (χ0v) is 16.5. The quantitative estimate of drug-likeness (QED) is 0.778. The molecule has 0 aliphatic carbocycles. The van der Waals surface area contributed by atoms with Crippen molar-refractivity contribution in [1.29, 1.82) is 0 Å². The molecule has 0 spiro atoms. The van der Waals surface area contributed by atoms with Crippen LogP contribution in [0.5, 0.6) is 0 Å². The van der Waals surface area contributed by atoms with Crippen molar-refractivity contribution >= 4 is 27.5 Å². The number of benzene rings is 1. The van der Waals surface area contributed by atoms with Crippen molar-refractivity contribution in [3.63, 3.8) is 0 Å². The minimum Gasteiger partial charge on any atom is -0.381 e. The second-order valence-electron chi connectivity index (χ2n) is 6.97. The summed E-state index contributed by atoms with van der Waals surface area (Å²) in [5.74, 6) is -0.0529. The molecule has 2 aliphatic heterocycles. The summed E-state index contributed by atoms with van der Waals surface area (Å²) in [6, 6.07) is 6.86. The van der Waals surface area contributed by atoms with Crippen LogP contribution in [-0.2, 0) is 14.8 Å². The Balaban J connectivity index is 1.67. The van der Waals surface area contributed by atoms with Gasteiger partial charge in [0.2, 0.25) is 10.0 Å². The first kappa shape index (κ1) is 19.6.